The molecule has 0 N–H and O–H groups in total. The standard InChI is InChI=1S/C15H20BrClN2/c1-5-13(9(2)3)19-14-7-6-11(16)8-12(14)18-15(19)10(4)17/h6-10,13H,5H2,1-4H3. The second-order valence-electron chi connectivity index (χ2n) is 5.31. The number of rotatable bonds is 4. The number of imidazole rings is 1. The van der Waals surface area contributed by atoms with Crippen molar-refractivity contribution in [2.24, 2.45) is 5.92 Å². The molecule has 19 heavy (non-hydrogen) atoms. The maximum absolute atomic E-state index is 6.33. The second kappa shape index (κ2) is 5.84. The molecule has 0 aliphatic carbocycles. The lowest BCUT2D eigenvalue weighted by Gasteiger charge is -2.24. The van der Waals surface area contributed by atoms with Crippen LogP contribution in [0.1, 0.15) is 51.4 Å². The molecule has 2 nitrogen and oxygen atoms in total. The van der Waals surface area contributed by atoms with Gasteiger partial charge in [0.15, 0.2) is 0 Å². The molecule has 0 aliphatic rings. The maximum Gasteiger partial charge on any atom is 0.127 e. The summed E-state index contributed by atoms with van der Waals surface area (Å²) in [5.41, 5.74) is 2.18. The highest BCUT2D eigenvalue weighted by Crippen LogP contribution is 2.33. The van der Waals surface area contributed by atoms with Crippen LogP contribution in [0.2, 0.25) is 0 Å². The number of fused-ring (bicyclic) bond motifs is 1. The lowest BCUT2D eigenvalue weighted by Crippen LogP contribution is -2.17. The zero-order valence-corrected chi connectivity index (χ0v) is 14.2. The topological polar surface area (TPSA) is 17.8 Å². The van der Waals surface area contributed by atoms with E-state index in [0.29, 0.717) is 12.0 Å². The van der Waals surface area contributed by atoms with Crippen molar-refractivity contribution in [2.75, 3.05) is 0 Å². The van der Waals surface area contributed by atoms with Crippen molar-refractivity contribution in [3.05, 3.63) is 28.5 Å². The van der Waals surface area contributed by atoms with Gasteiger partial charge in [-0.15, -0.1) is 11.6 Å². The van der Waals surface area contributed by atoms with E-state index in [2.05, 4.69) is 59.5 Å². The van der Waals surface area contributed by atoms with E-state index in [1.54, 1.807) is 0 Å². The summed E-state index contributed by atoms with van der Waals surface area (Å²) in [6.45, 7) is 8.71. The van der Waals surface area contributed by atoms with Gasteiger partial charge in [-0.25, -0.2) is 4.98 Å². The van der Waals surface area contributed by atoms with E-state index in [9.17, 15) is 0 Å². The highest BCUT2D eigenvalue weighted by molar-refractivity contribution is 9.10. The van der Waals surface area contributed by atoms with Crippen LogP contribution >= 0.6 is 27.5 Å². The molecule has 2 aromatic rings. The molecule has 0 radical (unpaired) electrons. The normalized spacial score (nSPS) is 15.1. The minimum atomic E-state index is -0.0843. The lowest BCUT2D eigenvalue weighted by atomic mass is 10.0. The van der Waals surface area contributed by atoms with Gasteiger partial charge in [-0.1, -0.05) is 36.7 Å². The number of alkyl halides is 1. The Bertz CT molecular complexity index is 575. The highest BCUT2D eigenvalue weighted by atomic mass is 79.9. The van der Waals surface area contributed by atoms with Gasteiger partial charge in [0.05, 0.1) is 16.4 Å². The Morgan fingerprint density at radius 1 is 1.32 bits per heavy atom. The minimum absolute atomic E-state index is 0.0843. The summed E-state index contributed by atoms with van der Waals surface area (Å²) < 4.78 is 3.38. The molecule has 0 saturated carbocycles. The van der Waals surface area contributed by atoms with E-state index in [1.165, 1.54) is 5.52 Å². The van der Waals surface area contributed by atoms with Crippen LogP contribution in [0.4, 0.5) is 0 Å². The van der Waals surface area contributed by atoms with Gasteiger partial charge in [0.2, 0.25) is 0 Å². The molecule has 104 valence electrons. The fraction of sp³-hybridized carbons (Fsp3) is 0.533. The molecule has 0 amide bonds. The predicted octanol–water partition coefficient (Wildman–Crippen LogP) is 5.71. The fourth-order valence-corrected chi connectivity index (χ4v) is 3.17. The van der Waals surface area contributed by atoms with Gasteiger partial charge in [0, 0.05) is 10.5 Å². The Labute approximate surface area is 128 Å². The zero-order valence-electron chi connectivity index (χ0n) is 11.8. The first-order valence-electron chi connectivity index (χ1n) is 6.77. The Kier molecular flexibility index (Phi) is 4.57. The number of aromatic nitrogens is 2. The summed E-state index contributed by atoms with van der Waals surface area (Å²) in [5, 5.41) is -0.0843. The van der Waals surface area contributed by atoms with Crippen LogP contribution in [0, 0.1) is 5.92 Å². The summed E-state index contributed by atoms with van der Waals surface area (Å²) in [6, 6.07) is 6.68. The lowest BCUT2D eigenvalue weighted by molar-refractivity contribution is 0.364. The van der Waals surface area contributed by atoms with Crippen molar-refractivity contribution in [3.8, 4) is 0 Å². The van der Waals surface area contributed by atoms with E-state index in [1.807, 2.05) is 6.92 Å². The van der Waals surface area contributed by atoms with Crippen LogP contribution in [0.15, 0.2) is 22.7 Å². The Morgan fingerprint density at radius 2 is 2.00 bits per heavy atom. The molecule has 2 unspecified atom stereocenters. The third-order valence-electron chi connectivity index (χ3n) is 3.55. The first-order valence-corrected chi connectivity index (χ1v) is 8.00. The molecular weight excluding hydrogens is 324 g/mol. The summed E-state index contributed by atoms with van der Waals surface area (Å²) >= 11 is 9.83. The monoisotopic (exact) mass is 342 g/mol. The fourth-order valence-electron chi connectivity index (χ4n) is 2.67. The SMILES string of the molecule is CCC(C(C)C)n1c(C(C)Cl)nc2cc(Br)ccc21. The smallest absolute Gasteiger partial charge is 0.127 e. The molecule has 0 aliphatic heterocycles. The van der Waals surface area contributed by atoms with Crippen LogP contribution in [0.3, 0.4) is 0 Å². The highest BCUT2D eigenvalue weighted by Gasteiger charge is 2.22. The molecule has 0 spiro atoms. The number of benzene rings is 1. The molecule has 1 aromatic carbocycles. The van der Waals surface area contributed by atoms with Gasteiger partial charge in [-0.2, -0.15) is 0 Å². The molecule has 4 heteroatoms. The van der Waals surface area contributed by atoms with Crippen LogP contribution in [0.25, 0.3) is 11.0 Å². The average molecular weight is 344 g/mol. The van der Waals surface area contributed by atoms with Crippen LogP contribution in [0.5, 0.6) is 0 Å². The van der Waals surface area contributed by atoms with Crippen LogP contribution < -0.4 is 0 Å². The minimum Gasteiger partial charge on any atom is -0.323 e. The molecule has 2 atom stereocenters. The second-order valence-corrected chi connectivity index (χ2v) is 6.88. The summed E-state index contributed by atoms with van der Waals surface area (Å²) in [6.07, 6.45) is 1.08. The molecule has 0 bridgehead atoms. The van der Waals surface area contributed by atoms with Gasteiger partial charge in [-0.05, 0) is 37.5 Å². The largest absolute Gasteiger partial charge is 0.323 e. The van der Waals surface area contributed by atoms with Crippen LogP contribution in [-0.2, 0) is 0 Å². The predicted molar refractivity (Wildman–Crippen MR) is 85.9 cm³/mol. The Balaban J connectivity index is 2.71. The van der Waals surface area contributed by atoms with Crippen molar-refractivity contribution in [1.29, 1.82) is 0 Å². The van der Waals surface area contributed by atoms with Gasteiger partial charge in [0.1, 0.15) is 5.82 Å². The van der Waals surface area contributed by atoms with Crippen molar-refractivity contribution in [1.82, 2.24) is 9.55 Å². The molecule has 1 aromatic heterocycles. The van der Waals surface area contributed by atoms with E-state index in [0.717, 1.165) is 22.2 Å². The number of halogens is 2. The van der Waals surface area contributed by atoms with Crippen molar-refractivity contribution in [2.45, 2.75) is 45.5 Å². The molecular formula is C15H20BrClN2. The molecule has 1 heterocycles. The summed E-state index contributed by atoms with van der Waals surface area (Å²) in [5.74, 6) is 1.52. The van der Waals surface area contributed by atoms with E-state index >= 15 is 0 Å². The van der Waals surface area contributed by atoms with Gasteiger partial charge < -0.3 is 4.57 Å². The third kappa shape index (κ3) is 2.82. The van der Waals surface area contributed by atoms with Gasteiger partial charge in [-0.3, -0.25) is 0 Å². The summed E-state index contributed by atoms with van der Waals surface area (Å²) in [4.78, 5) is 4.73. The van der Waals surface area contributed by atoms with E-state index < -0.39 is 0 Å². The quantitative estimate of drug-likeness (QED) is 0.650. The third-order valence-corrected chi connectivity index (χ3v) is 4.24. The Morgan fingerprint density at radius 3 is 2.53 bits per heavy atom. The zero-order chi connectivity index (χ0) is 14.2. The van der Waals surface area contributed by atoms with Crippen LogP contribution in [-0.4, -0.2) is 9.55 Å². The van der Waals surface area contributed by atoms with Gasteiger partial charge >= 0.3 is 0 Å². The number of nitrogens with zero attached hydrogens (tertiary/aromatic N) is 2. The molecule has 0 fully saturated rings. The van der Waals surface area contributed by atoms with Crippen molar-refractivity contribution >= 4 is 38.6 Å². The van der Waals surface area contributed by atoms with E-state index in [4.69, 9.17) is 16.6 Å². The average Bonchev–Trinajstić information content (AvgIpc) is 2.68. The van der Waals surface area contributed by atoms with Crippen molar-refractivity contribution < 1.29 is 0 Å². The first-order chi connectivity index (χ1) is 8.95. The maximum atomic E-state index is 6.33. The summed E-state index contributed by atoms with van der Waals surface area (Å²) in [7, 11) is 0. The number of hydrogen-bond acceptors (Lipinski definition) is 1. The van der Waals surface area contributed by atoms with Gasteiger partial charge in [0.25, 0.3) is 0 Å². The van der Waals surface area contributed by atoms with Crippen molar-refractivity contribution in [3.63, 3.8) is 0 Å². The first kappa shape index (κ1) is 14.9. The Hall–Kier alpha value is -0.540. The molecule has 2 rings (SSSR count). The molecule has 0 saturated heterocycles. The van der Waals surface area contributed by atoms with E-state index in [-0.39, 0.29) is 5.38 Å². The number of hydrogen-bond donors (Lipinski definition) is 0.